The molecule has 1 atom stereocenters. The summed E-state index contributed by atoms with van der Waals surface area (Å²) in [7, 11) is 0. The molecule has 4 bridgehead atoms. The standard InChI is InChI=1S/C24H49N7O6/c1-6-35-23-36-13-11-33-9-8-32-10-12-34-15-24(37-7-1)14-29-16-25-2-4-27-18-30-20-28(5-3-26-17-29)21-31(19-27)22-30/h24-26H,1-23H2. The largest absolute Gasteiger partial charge is 0.377 e. The molecule has 2 N–H and O–H groups in total. The summed E-state index contributed by atoms with van der Waals surface area (Å²) >= 11 is 0. The number of ether oxygens (including phenoxy) is 6. The molecule has 37 heavy (non-hydrogen) atoms. The molecule has 13 heteroatoms. The SMILES string of the molecule is C1COCOCCOCCOCCOCC(CN2CNCCN3CN4CN(CCNC2)CN(C3)C4)OC1. The van der Waals surface area contributed by atoms with E-state index in [-0.39, 0.29) is 12.9 Å². The maximum Gasteiger partial charge on any atom is 0.146 e. The van der Waals surface area contributed by atoms with E-state index in [0.29, 0.717) is 59.5 Å². The fourth-order valence-corrected chi connectivity index (χ4v) is 4.99. The van der Waals surface area contributed by atoms with Crippen LogP contribution in [0.2, 0.25) is 0 Å². The number of nitrogens with zero attached hydrogens (tertiary/aromatic N) is 5. The highest BCUT2D eigenvalue weighted by atomic mass is 16.7. The van der Waals surface area contributed by atoms with Crippen LogP contribution < -0.4 is 10.6 Å². The average Bonchev–Trinajstić information content (AvgIpc) is 2.89. The van der Waals surface area contributed by atoms with Gasteiger partial charge >= 0.3 is 0 Å². The molecule has 5 aliphatic heterocycles. The molecule has 0 spiro atoms. The Bertz CT molecular complexity index is 542. The molecule has 1 unspecified atom stereocenters. The highest BCUT2D eigenvalue weighted by molar-refractivity contribution is 4.76. The summed E-state index contributed by atoms with van der Waals surface area (Å²) in [5.74, 6) is 0. The second kappa shape index (κ2) is 17.9. The predicted octanol–water partition coefficient (Wildman–Crippen LogP) is -1.75. The Hall–Kier alpha value is -0.520. The fourth-order valence-electron chi connectivity index (χ4n) is 4.99. The number of hydrogen-bond acceptors (Lipinski definition) is 13. The Kier molecular flexibility index (Phi) is 14.3. The Morgan fingerprint density at radius 2 is 1.11 bits per heavy atom. The monoisotopic (exact) mass is 531 g/mol. The third-order valence-electron chi connectivity index (χ3n) is 6.72. The van der Waals surface area contributed by atoms with Crippen LogP contribution in [-0.2, 0) is 28.4 Å². The third-order valence-corrected chi connectivity index (χ3v) is 6.72. The van der Waals surface area contributed by atoms with E-state index in [2.05, 4.69) is 35.1 Å². The van der Waals surface area contributed by atoms with Gasteiger partial charge in [-0.25, -0.2) is 0 Å². The Labute approximate surface area is 222 Å². The van der Waals surface area contributed by atoms with Crippen molar-refractivity contribution in [1.82, 2.24) is 35.1 Å². The minimum absolute atomic E-state index is 0.0273. The molecule has 216 valence electrons. The molecule has 5 heterocycles. The van der Waals surface area contributed by atoms with Gasteiger partial charge in [0.15, 0.2) is 0 Å². The van der Waals surface area contributed by atoms with E-state index in [4.69, 9.17) is 28.4 Å². The molecule has 13 nitrogen and oxygen atoms in total. The van der Waals surface area contributed by atoms with Gasteiger partial charge in [-0.1, -0.05) is 0 Å². The summed E-state index contributed by atoms with van der Waals surface area (Å²) in [5.41, 5.74) is 0. The average molecular weight is 532 g/mol. The van der Waals surface area contributed by atoms with Gasteiger partial charge in [0.25, 0.3) is 0 Å². The van der Waals surface area contributed by atoms with Gasteiger partial charge < -0.3 is 39.1 Å². The van der Waals surface area contributed by atoms with Crippen LogP contribution in [0, 0.1) is 0 Å². The van der Waals surface area contributed by atoms with E-state index in [9.17, 15) is 0 Å². The first-order valence-electron chi connectivity index (χ1n) is 13.9. The van der Waals surface area contributed by atoms with E-state index in [1.54, 1.807) is 0 Å². The van der Waals surface area contributed by atoms with Crippen molar-refractivity contribution in [2.45, 2.75) is 12.5 Å². The summed E-state index contributed by atoms with van der Waals surface area (Å²) < 4.78 is 34.2. The molecular formula is C24H49N7O6. The normalized spacial score (nSPS) is 35.8. The van der Waals surface area contributed by atoms with Gasteiger partial charge in [0, 0.05) is 52.7 Å². The maximum atomic E-state index is 6.25. The zero-order valence-corrected chi connectivity index (χ0v) is 22.5. The maximum absolute atomic E-state index is 6.25. The molecule has 5 rings (SSSR count). The highest BCUT2D eigenvalue weighted by Crippen LogP contribution is 2.14. The molecule has 0 aliphatic carbocycles. The van der Waals surface area contributed by atoms with Gasteiger partial charge in [0.1, 0.15) is 6.79 Å². The van der Waals surface area contributed by atoms with Crippen LogP contribution in [-0.4, -0.2) is 176 Å². The molecule has 0 radical (unpaired) electrons. The Morgan fingerprint density at radius 1 is 0.568 bits per heavy atom. The summed E-state index contributed by atoms with van der Waals surface area (Å²) in [6.07, 6.45) is 0.788. The molecule has 0 amide bonds. The lowest BCUT2D eigenvalue weighted by Gasteiger charge is -2.49. The van der Waals surface area contributed by atoms with Crippen molar-refractivity contribution in [2.75, 3.05) is 146 Å². The molecule has 0 aromatic heterocycles. The zero-order valence-electron chi connectivity index (χ0n) is 22.5. The van der Waals surface area contributed by atoms with E-state index < -0.39 is 0 Å². The van der Waals surface area contributed by atoms with E-state index in [1.807, 2.05) is 0 Å². The van der Waals surface area contributed by atoms with Crippen molar-refractivity contribution in [3.63, 3.8) is 0 Å². The first-order chi connectivity index (χ1) is 18.3. The minimum atomic E-state index is -0.0273. The fraction of sp³-hybridized carbons (Fsp3) is 1.00. The summed E-state index contributed by atoms with van der Waals surface area (Å²) in [5, 5.41) is 7.30. The minimum Gasteiger partial charge on any atom is -0.377 e. The van der Waals surface area contributed by atoms with Crippen LogP contribution in [0.1, 0.15) is 6.42 Å². The number of rotatable bonds is 2. The lowest BCUT2D eigenvalue weighted by atomic mass is 10.3. The molecule has 0 aromatic carbocycles. The van der Waals surface area contributed by atoms with E-state index in [1.165, 1.54) is 0 Å². The smallest absolute Gasteiger partial charge is 0.146 e. The summed E-state index contributed by atoms with van der Waals surface area (Å²) in [4.78, 5) is 12.5. The molecular weight excluding hydrogens is 482 g/mol. The van der Waals surface area contributed by atoms with Crippen LogP contribution >= 0.6 is 0 Å². The quantitative estimate of drug-likeness (QED) is 0.422. The molecule has 5 fully saturated rings. The summed E-state index contributed by atoms with van der Waals surface area (Å²) in [6.45, 7) is 17.0. The van der Waals surface area contributed by atoms with Crippen molar-refractivity contribution in [2.24, 2.45) is 0 Å². The predicted molar refractivity (Wildman–Crippen MR) is 137 cm³/mol. The third kappa shape index (κ3) is 12.0. The van der Waals surface area contributed by atoms with Gasteiger partial charge in [-0.3, -0.25) is 24.5 Å². The van der Waals surface area contributed by atoms with Gasteiger partial charge in [0.2, 0.25) is 0 Å². The lowest BCUT2D eigenvalue weighted by molar-refractivity contribution is -0.120. The van der Waals surface area contributed by atoms with Gasteiger partial charge in [-0.2, -0.15) is 0 Å². The van der Waals surface area contributed by atoms with Crippen LogP contribution in [0.4, 0.5) is 0 Å². The number of fused-ring (bicyclic) bond motifs is 8. The van der Waals surface area contributed by atoms with Crippen molar-refractivity contribution < 1.29 is 28.4 Å². The first kappa shape index (κ1) is 29.5. The zero-order chi connectivity index (χ0) is 25.4. The van der Waals surface area contributed by atoms with E-state index >= 15 is 0 Å². The topological polar surface area (TPSA) is 95.6 Å². The van der Waals surface area contributed by atoms with Crippen molar-refractivity contribution >= 4 is 0 Å². The molecule has 5 saturated heterocycles. The van der Waals surface area contributed by atoms with Crippen molar-refractivity contribution in [3.8, 4) is 0 Å². The molecule has 5 aliphatic rings. The Morgan fingerprint density at radius 3 is 1.76 bits per heavy atom. The summed E-state index contributed by atoms with van der Waals surface area (Å²) in [6, 6.07) is 0. The lowest BCUT2D eigenvalue weighted by Crippen LogP contribution is -2.65. The van der Waals surface area contributed by atoms with Crippen LogP contribution in [0.5, 0.6) is 0 Å². The number of hydrogen-bond donors (Lipinski definition) is 2. The highest BCUT2D eigenvalue weighted by Gasteiger charge is 2.30. The first-order valence-corrected chi connectivity index (χ1v) is 13.9. The number of nitrogens with one attached hydrogen (secondary N) is 2. The van der Waals surface area contributed by atoms with Gasteiger partial charge in [-0.05, 0) is 6.42 Å². The van der Waals surface area contributed by atoms with Crippen LogP contribution in [0.3, 0.4) is 0 Å². The van der Waals surface area contributed by atoms with Crippen molar-refractivity contribution in [1.29, 1.82) is 0 Å². The van der Waals surface area contributed by atoms with Gasteiger partial charge in [-0.15, -0.1) is 0 Å². The van der Waals surface area contributed by atoms with Crippen LogP contribution in [0.25, 0.3) is 0 Å². The second-order valence-corrected chi connectivity index (χ2v) is 10.1. The molecule has 0 aromatic rings. The van der Waals surface area contributed by atoms with Crippen molar-refractivity contribution in [3.05, 3.63) is 0 Å². The van der Waals surface area contributed by atoms with Crippen LogP contribution in [0.15, 0.2) is 0 Å². The molecule has 0 saturated carbocycles. The Balaban J connectivity index is 1.23. The van der Waals surface area contributed by atoms with Gasteiger partial charge in [0.05, 0.1) is 92.3 Å². The van der Waals surface area contributed by atoms with E-state index in [0.717, 1.165) is 85.8 Å². The second-order valence-electron chi connectivity index (χ2n) is 10.1.